The third kappa shape index (κ3) is 2.74. The average molecular weight is 196 g/mol. The number of carboxylic acids is 1. The van der Waals surface area contributed by atoms with Gasteiger partial charge in [0.25, 0.3) is 0 Å². The molecule has 0 aliphatic heterocycles. The third-order valence-corrected chi connectivity index (χ3v) is 1.80. The lowest BCUT2D eigenvalue weighted by molar-refractivity contribution is -0.136. The van der Waals surface area contributed by atoms with E-state index in [4.69, 9.17) is 9.84 Å². The van der Waals surface area contributed by atoms with Gasteiger partial charge >= 0.3 is 5.97 Å². The van der Waals surface area contributed by atoms with Crippen LogP contribution in [-0.4, -0.2) is 23.3 Å². The molecule has 0 heterocycles. The molecule has 0 amide bonds. The molecule has 76 valence electrons. The van der Waals surface area contributed by atoms with Crippen LogP contribution >= 0.6 is 0 Å². The number of hydrogen-bond acceptors (Lipinski definition) is 3. The maximum Gasteiger partial charge on any atom is 0.307 e. The number of carboxylic acid groups (broad SMARTS) is 1. The minimum atomic E-state index is -0.959. The Balaban J connectivity index is 2.84. The van der Waals surface area contributed by atoms with E-state index in [1.54, 1.807) is 19.2 Å². The van der Waals surface area contributed by atoms with Crippen LogP contribution < -0.4 is 0 Å². The molecule has 2 N–H and O–H groups in total. The van der Waals surface area contributed by atoms with Gasteiger partial charge in [-0.05, 0) is 11.6 Å². The molecule has 0 atom stereocenters. The highest BCUT2D eigenvalue weighted by Gasteiger charge is 2.06. The van der Waals surface area contributed by atoms with Gasteiger partial charge in [-0.2, -0.15) is 0 Å². The first-order valence-corrected chi connectivity index (χ1v) is 4.15. The fourth-order valence-corrected chi connectivity index (χ4v) is 1.18. The van der Waals surface area contributed by atoms with Crippen molar-refractivity contribution in [3.05, 3.63) is 29.3 Å². The maximum absolute atomic E-state index is 10.4. The summed E-state index contributed by atoms with van der Waals surface area (Å²) < 4.78 is 4.88. The van der Waals surface area contributed by atoms with E-state index in [1.165, 1.54) is 6.07 Å². The number of aromatic hydroxyl groups is 1. The smallest absolute Gasteiger partial charge is 0.307 e. The topological polar surface area (TPSA) is 66.8 Å². The number of methoxy groups -OCH3 is 1. The van der Waals surface area contributed by atoms with E-state index in [2.05, 4.69) is 0 Å². The molecule has 4 heteroatoms. The molecule has 0 aliphatic rings. The second-order valence-electron chi connectivity index (χ2n) is 2.97. The van der Waals surface area contributed by atoms with Gasteiger partial charge in [0.15, 0.2) is 0 Å². The molecule has 0 radical (unpaired) electrons. The third-order valence-electron chi connectivity index (χ3n) is 1.80. The number of rotatable bonds is 4. The fourth-order valence-electron chi connectivity index (χ4n) is 1.18. The van der Waals surface area contributed by atoms with Gasteiger partial charge in [0.2, 0.25) is 0 Å². The molecule has 0 saturated heterocycles. The van der Waals surface area contributed by atoms with Gasteiger partial charge in [-0.15, -0.1) is 0 Å². The van der Waals surface area contributed by atoms with Crippen molar-refractivity contribution in [3.63, 3.8) is 0 Å². The van der Waals surface area contributed by atoms with Gasteiger partial charge in [0.1, 0.15) is 5.75 Å². The van der Waals surface area contributed by atoms with Crippen LogP contribution in [0.4, 0.5) is 0 Å². The van der Waals surface area contributed by atoms with E-state index in [0.717, 1.165) is 5.56 Å². The summed E-state index contributed by atoms with van der Waals surface area (Å²) in [6, 6.07) is 4.85. The Bertz CT molecular complexity index is 333. The molecule has 0 spiro atoms. The van der Waals surface area contributed by atoms with Crippen LogP contribution in [-0.2, 0) is 22.6 Å². The van der Waals surface area contributed by atoms with Crippen molar-refractivity contribution in [2.75, 3.05) is 7.11 Å². The van der Waals surface area contributed by atoms with E-state index in [9.17, 15) is 9.90 Å². The van der Waals surface area contributed by atoms with E-state index in [0.29, 0.717) is 12.2 Å². The number of benzene rings is 1. The summed E-state index contributed by atoms with van der Waals surface area (Å²) in [7, 11) is 1.56. The average Bonchev–Trinajstić information content (AvgIpc) is 2.10. The minimum Gasteiger partial charge on any atom is -0.508 e. The van der Waals surface area contributed by atoms with Crippen molar-refractivity contribution >= 4 is 5.97 Å². The van der Waals surface area contributed by atoms with Gasteiger partial charge in [0, 0.05) is 12.7 Å². The molecule has 0 saturated carbocycles. The monoisotopic (exact) mass is 196 g/mol. The Kier molecular flexibility index (Phi) is 3.48. The fraction of sp³-hybridized carbons (Fsp3) is 0.300. The first kappa shape index (κ1) is 10.5. The van der Waals surface area contributed by atoms with Gasteiger partial charge < -0.3 is 14.9 Å². The predicted octanol–water partition coefficient (Wildman–Crippen LogP) is 1.17. The SMILES string of the molecule is COCc1ccc(CC(=O)O)c(O)c1. The zero-order chi connectivity index (χ0) is 10.6. The van der Waals surface area contributed by atoms with Crippen molar-refractivity contribution in [1.29, 1.82) is 0 Å². The summed E-state index contributed by atoms with van der Waals surface area (Å²) in [6.07, 6.45) is -0.168. The van der Waals surface area contributed by atoms with Crippen molar-refractivity contribution in [2.24, 2.45) is 0 Å². The minimum absolute atomic E-state index is 0.00181. The summed E-state index contributed by atoms with van der Waals surface area (Å²) >= 11 is 0. The lowest BCUT2D eigenvalue weighted by Crippen LogP contribution is -2.00. The Morgan fingerprint density at radius 1 is 1.50 bits per heavy atom. The highest BCUT2D eigenvalue weighted by atomic mass is 16.5. The summed E-state index contributed by atoms with van der Waals surface area (Å²) in [5.74, 6) is -0.957. The number of phenolic OH excluding ortho intramolecular Hbond substituents is 1. The normalized spacial score (nSPS) is 10.1. The number of aliphatic carboxylic acids is 1. The highest BCUT2D eigenvalue weighted by molar-refractivity contribution is 5.71. The second-order valence-corrected chi connectivity index (χ2v) is 2.97. The van der Waals surface area contributed by atoms with Crippen LogP contribution in [0.5, 0.6) is 5.75 Å². The molecular weight excluding hydrogens is 184 g/mol. The number of ether oxygens (including phenoxy) is 1. The molecule has 0 fully saturated rings. The maximum atomic E-state index is 10.4. The van der Waals surface area contributed by atoms with E-state index in [-0.39, 0.29) is 12.2 Å². The molecule has 0 unspecified atom stereocenters. The molecule has 0 bridgehead atoms. The van der Waals surface area contributed by atoms with Crippen LogP contribution in [0.15, 0.2) is 18.2 Å². The van der Waals surface area contributed by atoms with Crippen molar-refractivity contribution < 1.29 is 19.7 Å². The molecule has 4 nitrogen and oxygen atoms in total. The van der Waals surface area contributed by atoms with Crippen molar-refractivity contribution in [3.8, 4) is 5.75 Å². The Hall–Kier alpha value is -1.55. The summed E-state index contributed by atoms with van der Waals surface area (Å²) in [4.78, 5) is 10.4. The van der Waals surface area contributed by atoms with Gasteiger partial charge in [-0.25, -0.2) is 0 Å². The second kappa shape index (κ2) is 4.62. The van der Waals surface area contributed by atoms with E-state index >= 15 is 0 Å². The quantitative estimate of drug-likeness (QED) is 0.758. The first-order valence-electron chi connectivity index (χ1n) is 4.15. The Morgan fingerprint density at radius 3 is 2.71 bits per heavy atom. The summed E-state index contributed by atoms with van der Waals surface area (Å²) in [5.41, 5.74) is 1.23. The Morgan fingerprint density at radius 2 is 2.21 bits per heavy atom. The molecular formula is C10H12O4. The molecule has 0 aromatic heterocycles. The lowest BCUT2D eigenvalue weighted by Gasteiger charge is -2.04. The summed E-state index contributed by atoms with van der Waals surface area (Å²) in [5, 5.41) is 18.0. The largest absolute Gasteiger partial charge is 0.508 e. The van der Waals surface area contributed by atoms with Crippen LogP contribution in [0.1, 0.15) is 11.1 Å². The van der Waals surface area contributed by atoms with Crippen LogP contribution in [0.3, 0.4) is 0 Å². The molecule has 14 heavy (non-hydrogen) atoms. The molecule has 1 rings (SSSR count). The number of carbonyl (C=O) groups is 1. The van der Waals surface area contributed by atoms with Gasteiger partial charge in [-0.3, -0.25) is 4.79 Å². The standard InChI is InChI=1S/C10H12O4/c1-14-6-7-2-3-8(5-10(12)13)9(11)4-7/h2-4,11H,5-6H2,1H3,(H,12,13). The summed E-state index contributed by atoms with van der Waals surface area (Å²) in [6.45, 7) is 0.404. The van der Waals surface area contributed by atoms with Gasteiger partial charge in [0.05, 0.1) is 13.0 Å². The van der Waals surface area contributed by atoms with Crippen LogP contribution in [0.25, 0.3) is 0 Å². The van der Waals surface area contributed by atoms with E-state index in [1.807, 2.05) is 0 Å². The van der Waals surface area contributed by atoms with Crippen LogP contribution in [0.2, 0.25) is 0 Å². The zero-order valence-corrected chi connectivity index (χ0v) is 7.86. The number of phenols is 1. The Labute approximate surface area is 81.8 Å². The van der Waals surface area contributed by atoms with Crippen molar-refractivity contribution in [2.45, 2.75) is 13.0 Å². The van der Waals surface area contributed by atoms with Crippen molar-refractivity contribution in [1.82, 2.24) is 0 Å². The first-order chi connectivity index (χ1) is 6.63. The van der Waals surface area contributed by atoms with E-state index < -0.39 is 5.97 Å². The zero-order valence-electron chi connectivity index (χ0n) is 7.86. The molecule has 0 aliphatic carbocycles. The predicted molar refractivity (Wildman–Crippen MR) is 50.2 cm³/mol. The van der Waals surface area contributed by atoms with Crippen LogP contribution in [0, 0.1) is 0 Å². The molecule has 1 aromatic carbocycles. The lowest BCUT2D eigenvalue weighted by atomic mass is 10.1. The number of hydrogen-bond donors (Lipinski definition) is 2. The highest BCUT2D eigenvalue weighted by Crippen LogP contribution is 2.19. The van der Waals surface area contributed by atoms with Gasteiger partial charge in [-0.1, -0.05) is 12.1 Å². The molecule has 1 aromatic rings.